The zero-order valence-electron chi connectivity index (χ0n) is 14.2. The van der Waals surface area contributed by atoms with E-state index in [1.807, 2.05) is 24.3 Å². The summed E-state index contributed by atoms with van der Waals surface area (Å²) in [6.07, 6.45) is 8.01. The molecule has 1 aromatic heterocycles. The van der Waals surface area contributed by atoms with Gasteiger partial charge >= 0.3 is 0 Å². The Morgan fingerprint density at radius 2 is 1.79 bits per heavy atom. The molecule has 0 unspecified atom stereocenters. The Hall–Kier alpha value is -2.43. The minimum absolute atomic E-state index is 0.185. The molecule has 2 aromatic rings. The smallest absolute Gasteiger partial charge is 0.258 e. The maximum absolute atomic E-state index is 12.4. The van der Waals surface area contributed by atoms with Crippen LogP contribution in [0.3, 0.4) is 0 Å². The molecule has 1 saturated carbocycles. The van der Waals surface area contributed by atoms with Gasteiger partial charge in [0.2, 0.25) is 5.95 Å². The summed E-state index contributed by atoms with van der Waals surface area (Å²) in [5, 5.41) is 6.29. The summed E-state index contributed by atoms with van der Waals surface area (Å²) in [6.45, 7) is 4.22. The van der Waals surface area contributed by atoms with Crippen molar-refractivity contribution in [1.29, 1.82) is 0 Å². The molecule has 2 N–H and O–H groups in total. The van der Waals surface area contributed by atoms with Crippen LogP contribution in [0.1, 0.15) is 61.4 Å². The monoisotopic (exact) mass is 324 g/mol. The summed E-state index contributed by atoms with van der Waals surface area (Å²) in [7, 11) is 0. The molecule has 24 heavy (non-hydrogen) atoms. The van der Waals surface area contributed by atoms with E-state index in [1.165, 1.54) is 12.8 Å². The van der Waals surface area contributed by atoms with Crippen molar-refractivity contribution >= 4 is 17.5 Å². The van der Waals surface area contributed by atoms with Crippen LogP contribution in [0.2, 0.25) is 0 Å². The van der Waals surface area contributed by atoms with Gasteiger partial charge in [-0.1, -0.05) is 44.9 Å². The molecule has 0 aliphatic heterocycles. The van der Waals surface area contributed by atoms with Crippen LogP contribution in [0.15, 0.2) is 36.7 Å². The van der Waals surface area contributed by atoms with Crippen LogP contribution in [-0.2, 0) is 0 Å². The van der Waals surface area contributed by atoms with Crippen molar-refractivity contribution in [2.75, 3.05) is 10.6 Å². The Morgan fingerprint density at radius 3 is 2.46 bits per heavy atom. The molecule has 1 heterocycles. The Morgan fingerprint density at radius 1 is 1.12 bits per heavy atom. The first-order valence-electron chi connectivity index (χ1n) is 8.62. The number of rotatable bonds is 5. The van der Waals surface area contributed by atoms with Gasteiger partial charge in [-0.3, -0.25) is 4.79 Å². The third-order valence-corrected chi connectivity index (χ3v) is 4.43. The molecule has 3 rings (SSSR count). The fraction of sp³-hybridized carbons (Fsp3) is 0.421. The first-order valence-corrected chi connectivity index (χ1v) is 8.62. The van der Waals surface area contributed by atoms with Gasteiger partial charge in [0.25, 0.3) is 5.91 Å². The fourth-order valence-electron chi connectivity index (χ4n) is 3.08. The number of para-hydroxylation sites is 1. The molecule has 1 amide bonds. The predicted octanol–water partition coefficient (Wildman–Crippen LogP) is 4.21. The Bertz CT molecular complexity index is 691. The second-order valence-corrected chi connectivity index (χ2v) is 6.62. The lowest BCUT2D eigenvalue weighted by molar-refractivity contribution is 0.102. The zero-order chi connectivity index (χ0) is 16.9. The third-order valence-electron chi connectivity index (χ3n) is 4.43. The Labute approximate surface area is 142 Å². The average molecular weight is 324 g/mol. The molecule has 5 nitrogen and oxygen atoms in total. The highest BCUT2D eigenvalue weighted by molar-refractivity contribution is 6.04. The number of aromatic nitrogens is 2. The molecular weight excluding hydrogens is 300 g/mol. The molecule has 0 bridgehead atoms. The maximum Gasteiger partial charge on any atom is 0.258 e. The van der Waals surface area contributed by atoms with Crippen molar-refractivity contribution < 1.29 is 4.79 Å². The number of amides is 1. The number of benzene rings is 1. The summed E-state index contributed by atoms with van der Waals surface area (Å²) >= 11 is 0. The SMILES string of the molecule is CC(C)c1ccccc1NC(=O)c1cnc(NC2CCCC2)nc1. The molecule has 1 aliphatic carbocycles. The summed E-state index contributed by atoms with van der Waals surface area (Å²) in [5.41, 5.74) is 2.42. The largest absolute Gasteiger partial charge is 0.351 e. The predicted molar refractivity (Wildman–Crippen MR) is 96.4 cm³/mol. The summed E-state index contributed by atoms with van der Waals surface area (Å²) in [5.74, 6) is 0.757. The zero-order valence-corrected chi connectivity index (χ0v) is 14.2. The van der Waals surface area contributed by atoms with Gasteiger partial charge in [-0.25, -0.2) is 9.97 Å². The van der Waals surface area contributed by atoms with Gasteiger partial charge in [0, 0.05) is 24.1 Å². The van der Waals surface area contributed by atoms with Crippen LogP contribution in [0.4, 0.5) is 11.6 Å². The molecular formula is C19H24N4O. The van der Waals surface area contributed by atoms with Crippen molar-refractivity contribution in [2.24, 2.45) is 0 Å². The lowest BCUT2D eigenvalue weighted by Crippen LogP contribution is -2.18. The van der Waals surface area contributed by atoms with Gasteiger partial charge in [-0.15, -0.1) is 0 Å². The van der Waals surface area contributed by atoms with E-state index in [2.05, 4.69) is 34.4 Å². The standard InChI is InChI=1S/C19H24N4O/c1-13(2)16-9-5-6-10-17(16)23-18(24)14-11-20-19(21-12-14)22-15-7-3-4-8-15/h5-6,9-13,15H,3-4,7-8H2,1-2H3,(H,23,24)(H,20,21,22). The number of hydrogen-bond acceptors (Lipinski definition) is 4. The number of carbonyl (C=O) groups is 1. The minimum atomic E-state index is -0.185. The van der Waals surface area contributed by atoms with Crippen LogP contribution >= 0.6 is 0 Å². The normalized spacial score (nSPS) is 14.8. The van der Waals surface area contributed by atoms with Crippen molar-refractivity contribution in [3.63, 3.8) is 0 Å². The van der Waals surface area contributed by atoms with Gasteiger partial charge < -0.3 is 10.6 Å². The highest BCUT2D eigenvalue weighted by Gasteiger charge is 2.16. The Balaban J connectivity index is 1.67. The number of hydrogen-bond donors (Lipinski definition) is 2. The lowest BCUT2D eigenvalue weighted by Gasteiger charge is -2.14. The second-order valence-electron chi connectivity index (χ2n) is 6.62. The van der Waals surface area contributed by atoms with Crippen LogP contribution in [-0.4, -0.2) is 21.9 Å². The van der Waals surface area contributed by atoms with E-state index in [4.69, 9.17) is 0 Å². The highest BCUT2D eigenvalue weighted by atomic mass is 16.1. The van der Waals surface area contributed by atoms with Crippen LogP contribution in [0, 0.1) is 0 Å². The van der Waals surface area contributed by atoms with E-state index in [0.717, 1.165) is 24.1 Å². The van der Waals surface area contributed by atoms with E-state index in [-0.39, 0.29) is 5.91 Å². The van der Waals surface area contributed by atoms with Crippen molar-refractivity contribution in [3.05, 3.63) is 47.8 Å². The lowest BCUT2D eigenvalue weighted by atomic mass is 10.0. The van der Waals surface area contributed by atoms with Crippen molar-refractivity contribution in [2.45, 2.75) is 51.5 Å². The fourth-order valence-corrected chi connectivity index (χ4v) is 3.08. The van der Waals surface area contributed by atoms with Gasteiger partial charge in [-0.05, 0) is 30.4 Å². The van der Waals surface area contributed by atoms with Gasteiger partial charge in [0.05, 0.1) is 5.56 Å². The molecule has 1 aliphatic rings. The first kappa shape index (κ1) is 16.4. The number of anilines is 2. The summed E-state index contributed by atoms with van der Waals surface area (Å²) < 4.78 is 0. The molecule has 0 atom stereocenters. The maximum atomic E-state index is 12.4. The molecule has 1 fully saturated rings. The quantitative estimate of drug-likeness (QED) is 0.864. The number of nitrogens with zero attached hydrogens (tertiary/aromatic N) is 2. The van der Waals surface area contributed by atoms with Crippen molar-refractivity contribution in [1.82, 2.24) is 9.97 Å². The molecule has 5 heteroatoms. The minimum Gasteiger partial charge on any atom is -0.351 e. The van der Waals surface area contributed by atoms with E-state index >= 15 is 0 Å². The molecule has 0 spiro atoms. The van der Waals surface area contributed by atoms with E-state index in [9.17, 15) is 4.79 Å². The summed E-state index contributed by atoms with van der Waals surface area (Å²) in [6, 6.07) is 8.32. The topological polar surface area (TPSA) is 66.9 Å². The second kappa shape index (κ2) is 7.43. The molecule has 126 valence electrons. The number of nitrogens with one attached hydrogen (secondary N) is 2. The van der Waals surface area contributed by atoms with Gasteiger partial charge in [0.15, 0.2) is 0 Å². The first-order chi connectivity index (χ1) is 11.6. The Kier molecular flexibility index (Phi) is 5.08. The third kappa shape index (κ3) is 3.91. The van der Waals surface area contributed by atoms with Crippen LogP contribution in [0.5, 0.6) is 0 Å². The van der Waals surface area contributed by atoms with Gasteiger partial charge in [0.1, 0.15) is 0 Å². The van der Waals surface area contributed by atoms with Crippen LogP contribution < -0.4 is 10.6 Å². The molecule has 1 aromatic carbocycles. The van der Waals surface area contributed by atoms with Crippen LogP contribution in [0.25, 0.3) is 0 Å². The molecule has 0 saturated heterocycles. The number of carbonyl (C=O) groups excluding carboxylic acids is 1. The molecule has 0 radical (unpaired) electrons. The van der Waals surface area contributed by atoms with E-state index in [1.54, 1.807) is 12.4 Å². The average Bonchev–Trinajstić information content (AvgIpc) is 3.09. The van der Waals surface area contributed by atoms with Crippen molar-refractivity contribution in [3.8, 4) is 0 Å². The van der Waals surface area contributed by atoms with E-state index in [0.29, 0.717) is 23.5 Å². The summed E-state index contributed by atoms with van der Waals surface area (Å²) in [4.78, 5) is 21.0. The highest BCUT2D eigenvalue weighted by Crippen LogP contribution is 2.24. The van der Waals surface area contributed by atoms with Gasteiger partial charge in [-0.2, -0.15) is 0 Å². The van der Waals surface area contributed by atoms with E-state index < -0.39 is 0 Å².